The van der Waals surface area contributed by atoms with Crippen molar-refractivity contribution in [2.45, 2.75) is 31.3 Å². The SMILES string of the molecule is O=C(c1ccccn1)N1CCOC2(CCCC2)C1. The van der Waals surface area contributed by atoms with Gasteiger partial charge in [0.25, 0.3) is 5.91 Å². The lowest BCUT2D eigenvalue weighted by Gasteiger charge is -2.40. The smallest absolute Gasteiger partial charge is 0.272 e. The van der Waals surface area contributed by atoms with Gasteiger partial charge in [0.2, 0.25) is 0 Å². The van der Waals surface area contributed by atoms with Crippen molar-refractivity contribution in [1.82, 2.24) is 9.88 Å². The Kier molecular flexibility index (Phi) is 3.04. The van der Waals surface area contributed by atoms with Crippen molar-refractivity contribution < 1.29 is 9.53 Å². The van der Waals surface area contributed by atoms with Crippen molar-refractivity contribution in [3.05, 3.63) is 30.1 Å². The number of morpholine rings is 1. The predicted octanol–water partition coefficient (Wildman–Crippen LogP) is 1.87. The molecule has 0 atom stereocenters. The van der Waals surface area contributed by atoms with Crippen LogP contribution in [0.4, 0.5) is 0 Å². The van der Waals surface area contributed by atoms with Crippen molar-refractivity contribution in [2.24, 2.45) is 0 Å². The van der Waals surface area contributed by atoms with Gasteiger partial charge in [0.15, 0.2) is 0 Å². The van der Waals surface area contributed by atoms with Crippen LogP contribution >= 0.6 is 0 Å². The quantitative estimate of drug-likeness (QED) is 0.759. The van der Waals surface area contributed by atoms with Gasteiger partial charge in [0.1, 0.15) is 5.69 Å². The van der Waals surface area contributed by atoms with E-state index in [0.29, 0.717) is 18.8 Å². The molecule has 2 heterocycles. The highest BCUT2D eigenvalue weighted by Gasteiger charge is 2.40. The number of aromatic nitrogens is 1. The average Bonchev–Trinajstić information content (AvgIpc) is 2.87. The number of ether oxygens (including phenoxy) is 1. The second kappa shape index (κ2) is 4.69. The molecule has 1 aromatic heterocycles. The maximum absolute atomic E-state index is 12.3. The summed E-state index contributed by atoms with van der Waals surface area (Å²) in [6.07, 6.45) is 6.26. The standard InChI is InChI=1S/C14H18N2O2/c17-13(12-5-1-4-8-15-12)16-9-10-18-14(11-16)6-2-3-7-14/h1,4-5,8H,2-3,6-7,9-11H2. The van der Waals surface area contributed by atoms with E-state index in [2.05, 4.69) is 4.98 Å². The van der Waals surface area contributed by atoms with Crippen LogP contribution in [-0.4, -0.2) is 41.1 Å². The molecule has 0 aromatic carbocycles. The molecule has 3 rings (SSSR count). The summed E-state index contributed by atoms with van der Waals surface area (Å²) in [5, 5.41) is 0. The van der Waals surface area contributed by atoms with E-state index in [1.54, 1.807) is 12.3 Å². The number of carbonyl (C=O) groups excluding carboxylic acids is 1. The van der Waals surface area contributed by atoms with Crippen LogP contribution < -0.4 is 0 Å². The van der Waals surface area contributed by atoms with E-state index in [9.17, 15) is 4.79 Å². The molecular formula is C14H18N2O2. The Balaban J connectivity index is 1.74. The third kappa shape index (κ3) is 2.12. The van der Waals surface area contributed by atoms with Crippen LogP contribution in [0.25, 0.3) is 0 Å². The Labute approximate surface area is 107 Å². The van der Waals surface area contributed by atoms with Crippen LogP contribution in [0.15, 0.2) is 24.4 Å². The minimum atomic E-state index is -0.0668. The number of nitrogens with zero attached hydrogens (tertiary/aromatic N) is 2. The Bertz CT molecular complexity index is 427. The second-order valence-electron chi connectivity index (χ2n) is 5.18. The topological polar surface area (TPSA) is 42.4 Å². The molecule has 1 spiro atoms. The molecule has 1 amide bonds. The van der Waals surface area contributed by atoms with Crippen LogP contribution in [0.5, 0.6) is 0 Å². The summed E-state index contributed by atoms with van der Waals surface area (Å²) in [4.78, 5) is 18.4. The normalized spacial score (nSPS) is 22.3. The summed E-state index contributed by atoms with van der Waals surface area (Å²) in [7, 11) is 0. The number of pyridine rings is 1. The van der Waals surface area contributed by atoms with Gasteiger partial charge in [-0.2, -0.15) is 0 Å². The molecular weight excluding hydrogens is 228 g/mol. The maximum Gasteiger partial charge on any atom is 0.272 e. The number of hydrogen-bond donors (Lipinski definition) is 0. The first-order valence-electron chi connectivity index (χ1n) is 6.63. The van der Waals surface area contributed by atoms with E-state index < -0.39 is 0 Å². The lowest BCUT2D eigenvalue weighted by molar-refractivity contribution is -0.0949. The maximum atomic E-state index is 12.3. The molecule has 96 valence electrons. The largest absolute Gasteiger partial charge is 0.371 e. The Hall–Kier alpha value is -1.42. The highest BCUT2D eigenvalue weighted by Crippen LogP contribution is 2.36. The fourth-order valence-electron chi connectivity index (χ4n) is 2.99. The zero-order valence-corrected chi connectivity index (χ0v) is 10.5. The first-order valence-corrected chi connectivity index (χ1v) is 6.63. The molecule has 1 aromatic rings. The molecule has 1 aliphatic carbocycles. The lowest BCUT2D eigenvalue weighted by atomic mass is 9.99. The van der Waals surface area contributed by atoms with Gasteiger partial charge in [-0.1, -0.05) is 18.9 Å². The van der Waals surface area contributed by atoms with Gasteiger partial charge in [-0.3, -0.25) is 9.78 Å². The number of amides is 1. The van der Waals surface area contributed by atoms with E-state index in [4.69, 9.17) is 4.74 Å². The van der Waals surface area contributed by atoms with Gasteiger partial charge < -0.3 is 9.64 Å². The van der Waals surface area contributed by atoms with E-state index in [-0.39, 0.29) is 11.5 Å². The molecule has 4 heteroatoms. The third-order valence-corrected chi connectivity index (χ3v) is 3.93. The minimum Gasteiger partial charge on any atom is -0.371 e. The van der Waals surface area contributed by atoms with Crippen LogP contribution in [0.2, 0.25) is 0 Å². The molecule has 0 N–H and O–H groups in total. The molecule has 0 radical (unpaired) electrons. The number of carbonyl (C=O) groups is 1. The molecule has 1 saturated heterocycles. The van der Waals surface area contributed by atoms with Crippen molar-refractivity contribution >= 4 is 5.91 Å². The van der Waals surface area contributed by atoms with E-state index >= 15 is 0 Å². The Morgan fingerprint density at radius 3 is 2.89 bits per heavy atom. The summed E-state index contributed by atoms with van der Waals surface area (Å²) in [5.41, 5.74) is 0.468. The van der Waals surface area contributed by atoms with Gasteiger partial charge in [-0.05, 0) is 25.0 Å². The summed E-state index contributed by atoms with van der Waals surface area (Å²) in [5.74, 6) is 0.0326. The first kappa shape index (κ1) is 11.7. The van der Waals surface area contributed by atoms with Crippen LogP contribution in [-0.2, 0) is 4.74 Å². The molecule has 18 heavy (non-hydrogen) atoms. The molecule has 4 nitrogen and oxygen atoms in total. The summed E-state index contributed by atoms with van der Waals surface area (Å²) < 4.78 is 5.93. The summed E-state index contributed by atoms with van der Waals surface area (Å²) in [6, 6.07) is 5.46. The van der Waals surface area contributed by atoms with Crippen molar-refractivity contribution in [3.63, 3.8) is 0 Å². The van der Waals surface area contributed by atoms with Gasteiger partial charge in [-0.15, -0.1) is 0 Å². The minimum absolute atomic E-state index is 0.0326. The van der Waals surface area contributed by atoms with E-state index in [1.807, 2.05) is 17.0 Å². The third-order valence-electron chi connectivity index (χ3n) is 3.93. The second-order valence-corrected chi connectivity index (χ2v) is 5.18. The number of hydrogen-bond acceptors (Lipinski definition) is 3. The first-order chi connectivity index (χ1) is 8.79. The summed E-state index contributed by atoms with van der Waals surface area (Å²) >= 11 is 0. The lowest BCUT2D eigenvalue weighted by Crippen LogP contribution is -2.52. The highest BCUT2D eigenvalue weighted by molar-refractivity contribution is 5.92. The molecule has 0 unspecified atom stereocenters. The fraction of sp³-hybridized carbons (Fsp3) is 0.571. The van der Waals surface area contributed by atoms with E-state index in [1.165, 1.54) is 12.8 Å². The molecule has 1 saturated carbocycles. The van der Waals surface area contributed by atoms with Crippen LogP contribution in [0.1, 0.15) is 36.2 Å². The molecule has 2 aliphatic rings. The van der Waals surface area contributed by atoms with Crippen molar-refractivity contribution in [1.29, 1.82) is 0 Å². The van der Waals surface area contributed by atoms with Crippen molar-refractivity contribution in [3.8, 4) is 0 Å². The van der Waals surface area contributed by atoms with Gasteiger partial charge in [-0.25, -0.2) is 0 Å². The van der Waals surface area contributed by atoms with Crippen LogP contribution in [0, 0.1) is 0 Å². The number of rotatable bonds is 1. The zero-order valence-electron chi connectivity index (χ0n) is 10.5. The monoisotopic (exact) mass is 246 g/mol. The molecule has 1 aliphatic heterocycles. The predicted molar refractivity (Wildman–Crippen MR) is 67.3 cm³/mol. The van der Waals surface area contributed by atoms with Gasteiger partial charge in [0.05, 0.1) is 18.8 Å². The van der Waals surface area contributed by atoms with Gasteiger partial charge in [0, 0.05) is 12.7 Å². The van der Waals surface area contributed by atoms with E-state index in [0.717, 1.165) is 19.4 Å². The summed E-state index contributed by atoms with van der Waals surface area (Å²) in [6.45, 7) is 2.05. The zero-order chi connectivity index (χ0) is 12.4. The Morgan fingerprint density at radius 2 is 2.17 bits per heavy atom. The molecule has 0 bridgehead atoms. The molecule has 2 fully saturated rings. The highest BCUT2D eigenvalue weighted by atomic mass is 16.5. The Morgan fingerprint density at radius 1 is 1.33 bits per heavy atom. The average molecular weight is 246 g/mol. The van der Waals surface area contributed by atoms with Crippen molar-refractivity contribution in [2.75, 3.05) is 19.7 Å². The fourth-order valence-corrected chi connectivity index (χ4v) is 2.99. The van der Waals surface area contributed by atoms with Crippen LogP contribution in [0.3, 0.4) is 0 Å². The van der Waals surface area contributed by atoms with Gasteiger partial charge >= 0.3 is 0 Å².